The number of halogens is 3. The van der Waals surface area contributed by atoms with Crippen molar-refractivity contribution in [1.82, 2.24) is 0 Å². The molecule has 1 aliphatic rings. The average molecular weight is 229 g/mol. The first-order valence-corrected chi connectivity index (χ1v) is 5.01. The fourth-order valence-corrected chi connectivity index (χ4v) is 1.73. The molecule has 1 aliphatic heterocycles. The van der Waals surface area contributed by atoms with Gasteiger partial charge >= 0.3 is 0 Å². The van der Waals surface area contributed by atoms with Crippen LogP contribution in [0.1, 0.15) is 24.5 Å². The molecule has 0 saturated carbocycles. The van der Waals surface area contributed by atoms with Crippen molar-refractivity contribution in [2.24, 2.45) is 5.41 Å². The Morgan fingerprint density at radius 1 is 1.38 bits per heavy atom. The third-order valence-corrected chi connectivity index (χ3v) is 2.63. The first kappa shape index (κ1) is 11.5. The Morgan fingerprint density at radius 2 is 2.06 bits per heavy atom. The van der Waals surface area contributed by atoms with E-state index in [2.05, 4.69) is 0 Å². The van der Waals surface area contributed by atoms with E-state index in [-0.39, 0.29) is 5.41 Å². The van der Waals surface area contributed by atoms with Crippen molar-refractivity contribution >= 4 is 0 Å². The molecule has 2 rings (SSSR count). The highest BCUT2D eigenvalue weighted by molar-refractivity contribution is 5.32. The van der Waals surface area contributed by atoms with Crippen molar-refractivity contribution in [3.63, 3.8) is 0 Å². The molecule has 0 unspecified atom stereocenters. The van der Waals surface area contributed by atoms with E-state index in [0.29, 0.717) is 18.8 Å². The second-order valence-corrected chi connectivity index (χ2v) is 4.37. The molecule has 0 atom stereocenters. The van der Waals surface area contributed by atoms with E-state index in [9.17, 15) is 13.2 Å². The maximum Gasteiger partial charge on any atom is 0.266 e. The molecule has 0 amide bonds. The third kappa shape index (κ3) is 2.21. The summed E-state index contributed by atoms with van der Waals surface area (Å²) >= 11 is 0. The number of ether oxygens (including phenoxy) is 1. The number of benzene rings is 1. The molecule has 1 heterocycles. The number of hydrogen-bond acceptors (Lipinski definition) is 1. The molecule has 1 nitrogen and oxygen atoms in total. The molecule has 0 aliphatic carbocycles. The molecule has 1 saturated heterocycles. The van der Waals surface area contributed by atoms with Gasteiger partial charge in [0.1, 0.15) is 5.82 Å². The van der Waals surface area contributed by atoms with Crippen molar-refractivity contribution in [3.8, 4) is 0 Å². The topological polar surface area (TPSA) is 9.23 Å². The van der Waals surface area contributed by atoms with Crippen LogP contribution in [0.2, 0.25) is 0 Å². The number of rotatable bonds is 3. The summed E-state index contributed by atoms with van der Waals surface area (Å²) in [5.41, 5.74) is -0.0443. The van der Waals surface area contributed by atoms with Gasteiger partial charge in [0.25, 0.3) is 6.43 Å². The lowest BCUT2D eigenvalue weighted by molar-refractivity contribution is -0.0787. The molecular weight excluding hydrogens is 217 g/mol. The Bertz CT molecular complexity index is 386. The van der Waals surface area contributed by atoms with Crippen LogP contribution in [0.3, 0.4) is 0 Å². The summed E-state index contributed by atoms with van der Waals surface area (Å²) < 4.78 is 43.0. The van der Waals surface area contributed by atoms with Gasteiger partial charge in [0.05, 0.1) is 18.8 Å². The zero-order valence-electron chi connectivity index (χ0n) is 8.84. The van der Waals surface area contributed by atoms with Crippen molar-refractivity contribution in [1.29, 1.82) is 0 Å². The summed E-state index contributed by atoms with van der Waals surface area (Å²) in [6.45, 7) is 3.13. The van der Waals surface area contributed by atoms with Gasteiger partial charge in [-0.1, -0.05) is 13.0 Å². The van der Waals surface area contributed by atoms with Crippen LogP contribution in [0.25, 0.3) is 0 Å². The summed E-state index contributed by atoms with van der Waals surface area (Å²) in [5.74, 6) is -0.859. The van der Waals surface area contributed by atoms with Gasteiger partial charge in [-0.15, -0.1) is 0 Å². The van der Waals surface area contributed by atoms with Crippen molar-refractivity contribution in [2.75, 3.05) is 13.2 Å². The van der Waals surface area contributed by atoms with E-state index in [1.807, 2.05) is 13.3 Å². The Hall–Kier alpha value is -1.03. The summed E-state index contributed by atoms with van der Waals surface area (Å²) in [4.78, 5) is 0. The highest BCUT2D eigenvalue weighted by Crippen LogP contribution is 2.34. The van der Waals surface area contributed by atoms with Crippen LogP contribution in [0.5, 0.6) is 0 Å². The predicted molar refractivity (Wildman–Crippen MR) is 53.7 cm³/mol. The van der Waals surface area contributed by atoms with Gasteiger partial charge in [-0.2, -0.15) is 0 Å². The van der Waals surface area contributed by atoms with Crippen LogP contribution < -0.4 is 0 Å². The molecule has 0 spiro atoms. The second kappa shape index (κ2) is 4.09. The molecule has 87 valence electrons. The Kier molecular flexibility index (Phi) is 2.93. The lowest BCUT2D eigenvalue weighted by Crippen LogP contribution is -2.40. The Labute approximate surface area is 92.2 Å². The minimum Gasteiger partial charge on any atom is -0.380 e. The molecule has 1 fully saturated rings. The summed E-state index contributed by atoms with van der Waals surface area (Å²) in [6.07, 6.45) is -0.930. The van der Waals surface area contributed by atoms with E-state index in [1.165, 1.54) is 12.1 Å². The maximum atomic E-state index is 13.0. The maximum absolute atomic E-state index is 13.0. The first-order valence-electron chi connectivity index (χ1n) is 5.01. The molecule has 0 aromatic heterocycles. The molecule has 1 aromatic carbocycles. The molecule has 4 heteroatoms. The fourth-order valence-electron chi connectivity index (χ4n) is 1.73. The normalized spacial score (nSPS) is 18.6. The summed E-state index contributed by atoms with van der Waals surface area (Å²) in [5, 5.41) is 0. The third-order valence-electron chi connectivity index (χ3n) is 2.63. The van der Waals surface area contributed by atoms with Gasteiger partial charge in [0.15, 0.2) is 0 Å². The molecule has 1 aromatic rings. The smallest absolute Gasteiger partial charge is 0.266 e. The van der Waals surface area contributed by atoms with Crippen molar-refractivity contribution in [3.05, 3.63) is 41.6 Å². The standard InChI is InChI=1S/C12H12F3O/c1-12(6-16-7-12)5-8-2-3-10(13)9(4-8)11(14)15/h2-5,11H,6-7H2,1H3. The van der Waals surface area contributed by atoms with Gasteiger partial charge < -0.3 is 4.74 Å². The van der Waals surface area contributed by atoms with Gasteiger partial charge in [0.2, 0.25) is 0 Å². The summed E-state index contributed by atoms with van der Waals surface area (Å²) in [6, 6.07) is 3.78. The van der Waals surface area contributed by atoms with E-state index >= 15 is 0 Å². The van der Waals surface area contributed by atoms with Crippen molar-refractivity contribution < 1.29 is 17.9 Å². The molecule has 16 heavy (non-hydrogen) atoms. The molecule has 0 bridgehead atoms. The lowest BCUT2D eigenvalue weighted by atomic mass is 9.82. The SMILES string of the molecule is CC1([CH]c2ccc(F)c(C(F)F)c2)COC1. The van der Waals surface area contributed by atoms with E-state index in [0.717, 1.165) is 6.07 Å². The quantitative estimate of drug-likeness (QED) is 0.772. The van der Waals surface area contributed by atoms with Crippen LogP contribution in [0.4, 0.5) is 13.2 Å². The number of alkyl halides is 2. The highest BCUT2D eigenvalue weighted by Gasteiger charge is 2.34. The van der Waals surface area contributed by atoms with Gasteiger partial charge in [-0.3, -0.25) is 0 Å². The fraction of sp³-hybridized carbons (Fsp3) is 0.417. The Morgan fingerprint density at radius 3 is 2.56 bits per heavy atom. The second-order valence-electron chi connectivity index (χ2n) is 4.37. The van der Waals surface area contributed by atoms with Crippen molar-refractivity contribution in [2.45, 2.75) is 13.3 Å². The molecule has 0 N–H and O–H groups in total. The summed E-state index contributed by atoms with van der Waals surface area (Å²) in [7, 11) is 0. The number of hydrogen-bond donors (Lipinski definition) is 0. The Balaban J connectivity index is 2.19. The van der Waals surface area contributed by atoms with Gasteiger partial charge in [-0.25, -0.2) is 13.2 Å². The van der Waals surface area contributed by atoms with Gasteiger partial charge in [-0.05, 0) is 17.7 Å². The molecule has 1 radical (unpaired) electrons. The van der Waals surface area contributed by atoms with Gasteiger partial charge in [0, 0.05) is 11.8 Å². The van der Waals surface area contributed by atoms with Crippen LogP contribution >= 0.6 is 0 Å². The van der Waals surface area contributed by atoms with E-state index < -0.39 is 17.8 Å². The minimum atomic E-state index is -2.78. The predicted octanol–water partition coefficient (Wildman–Crippen LogP) is 3.35. The zero-order chi connectivity index (χ0) is 11.8. The van der Waals surface area contributed by atoms with Crippen LogP contribution in [0, 0.1) is 17.7 Å². The molecular formula is C12H12F3O. The van der Waals surface area contributed by atoms with E-state index in [1.54, 1.807) is 0 Å². The highest BCUT2D eigenvalue weighted by atomic mass is 19.3. The van der Waals surface area contributed by atoms with E-state index in [4.69, 9.17) is 4.74 Å². The average Bonchev–Trinajstić information content (AvgIpc) is 2.18. The monoisotopic (exact) mass is 229 g/mol. The lowest BCUT2D eigenvalue weighted by Gasteiger charge is -2.38. The largest absolute Gasteiger partial charge is 0.380 e. The van der Waals surface area contributed by atoms with Crippen LogP contribution in [-0.4, -0.2) is 13.2 Å². The van der Waals surface area contributed by atoms with Crippen LogP contribution in [-0.2, 0) is 4.74 Å². The minimum absolute atomic E-state index is 0.114. The van der Waals surface area contributed by atoms with Crippen LogP contribution in [0.15, 0.2) is 18.2 Å². The zero-order valence-corrected chi connectivity index (χ0v) is 8.84. The first-order chi connectivity index (χ1) is 7.50.